The number of anilines is 3. The molecule has 0 unspecified atom stereocenters. The number of unbranched alkanes of at least 4 members (excludes halogenated alkanes) is 2. The van der Waals surface area contributed by atoms with Crippen molar-refractivity contribution in [1.82, 2.24) is 25.9 Å². The Kier molecular flexibility index (Phi) is 12.9. The standard InChI is InChI=1S/C29H38ClN9O4/c30-25-27(32)38-26(31)24(37-25)28(43)39-29(33)35-14-4-2-6-19-9-7-18(8-10-19)5-1-3-13-34-16-23(42)20-11-12-22(41)21(15-20)36-17-40/h7-12,15,17,23,34,41-42H,1-6,13-14,16H2,(H,36,40)(H4,31,32,38)(H3,33,35,39,43)/t23-/m0/s1. The van der Waals surface area contributed by atoms with Gasteiger partial charge in [-0.15, -0.1) is 0 Å². The number of benzene rings is 2. The molecule has 0 aliphatic heterocycles. The molecule has 43 heavy (non-hydrogen) atoms. The lowest BCUT2D eigenvalue weighted by atomic mass is 10.0. The number of nitrogens with two attached hydrogens (primary N) is 2. The number of nitrogens with one attached hydrogen (secondary N) is 5. The molecule has 2 amide bonds. The van der Waals surface area contributed by atoms with Gasteiger partial charge in [0.25, 0.3) is 5.91 Å². The Morgan fingerprint density at radius 1 is 0.977 bits per heavy atom. The van der Waals surface area contributed by atoms with Crippen molar-refractivity contribution in [1.29, 1.82) is 5.41 Å². The van der Waals surface area contributed by atoms with Gasteiger partial charge in [-0.25, -0.2) is 9.97 Å². The van der Waals surface area contributed by atoms with Gasteiger partial charge in [0.1, 0.15) is 5.75 Å². The fraction of sp³-hybridized carbons (Fsp3) is 0.345. The smallest absolute Gasteiger partial charge is 0.280 e. The van der Waals surface area contributed by atoms with Crippen LogP contribution in [0.1, 0.15) is 59.0 Å². The van der Waals surface area contributed by atoms with Crippen LogP contribution in [-0.2, 0) is 17.6 Å². The number of aromatic hydroxyl groups is 1. The molecule has 0 saturated heterocycles. The molecule has 0 spiro atoms. The predicted molar refractivity (Wildman–Crippen MR) is 167 cm³/mol. The van der Waals surface area contributed by atoms with Crippen LogP contribution >= 0.6 is 11.6 Å². The van der Waals surface area contributed by atoms with Crippen LogP contribution in [0.4, 0.5) is 17.3 Å². The molecule has 13 nitrogen and oxygen atoms in total. The van der Waals surface area contributed by atoms with Gasteiger partial charge in [0.15, 0.2) is 28.4 Å². The number of aryl methyl sites for hydroxylation is 2. The van der Waals surface area contributed by atoms with Crippen molar-refractivity contribution in [3.63, 3.8) is 0 Å². The molecule has 3 rings (SSSR count). The summed E-state index contributed by atoms with van der Waals surface area (Å²) in [4.78, 5) is 30.5. The van der Waals surface area contributed by atoms with Crippen LogP contribution in [0.2, 0.25) is 5.15 Å². The molecule has 230 valence electrons. The molecule has 1 atom stereocenters. The number of amides is 2. The van der Waals surface area contributed by atoms with E-state index >= 15 is 0 Å². The molecule has 2 aromatic carbocycles. The van der Waals surface area contributed by atoms with Gasteiger partial charge < -0.3 is 37.6 Å². The molecule has 1 heterocycles. The highest BCUT2D eigenvalue weighted by atomic mass is 35.5. The number of guanidine groups is 1. The van der Waals surface area contributed by atoms with Gasteiger partial charge in [-0.1, -0.05) is 41.9 Å². The second-order valence-electron chi connectivity index (χ2n) is 9.88. The Bertz CT molecular complexity index is 1390. The van der Waals surface area contributed by atoms with Gasteiger partial charge in [0.05, 0.1) is 11.8 Å². The van der Waals surface area contributed by atoms with E-state index in [1.54, 1.807) is 12.1 Å². The van der Waals surface area contributed by atoms with Crippen LogP contribution in [0.3, 0.4) is 0 Å². The maximum Gasteiger partial charge on any atom is 0.280 e. The normalized spacial score (nSPS) is 11.5. The summed E-state index contributed by atoms with van der Waals surface area (Å²) in [6.07, 6.45) is 5.27. The average molecular weight is 612 g/mol. The molecule has 0 bridgehead atoms. The number of phenols is 1. The summed E-state index contributed by atoms with van der Waals surface area (Å²) in [6.45, 7) is 1.65. The van der Waals surface area contributed by atoms with Gasteiger partial charge in [0, 0.05) is 13.1 Å². The monoisotopic (exact) mass is 611 g/mol. The van der Waals surface area contributed by atoms with Crippen LogP contribution in [0.25, 0.3) is 0 Å². The number of halogens is 1. The molecule has 0 radical (unpaired) electrons. The van der Waals surface area contributed by atoms with Gasteiger partial charge in [-0.3, -0.25) is 20.3 Å². The maximum absolute atomic E-state index is 12.3. The summed E-state index contributed by atoms with van der Waals surface area (Å²) in [5.41, 5.74) is 14.3. The minimum Gasteiger partial charge on any atom is -0.506 e. The number of hydrogen-bond acceptors (Lipinski definition) is 10. The van der Waals surface area contributed by atoms with E-state index in [4.69, 9.17) is 28.5 Å². The van der Waals surface area contributed by atoms with E-state index in [-0.39, 0.29) is 39.9 Å². The van der Waals surface area contributed by atoms with Crippen LogP contribution in [0, 0.1) is 5.41 Å². The first-order chi connectivity index (χ1) is 20.7. The second-order valence-corrected chi connectivity index (χ2v) is 10.2. The Morgan fingerprint density at radius 2 is 1.63 bits per heavy atom. The lowest BCUT2D eigenvalue weighted by Crippen LogP contribution is -2.41. The van der Waals surface area contributed by atoms with Crippen LogP contribution in [-0.4, -0.2) is 58.1 Å². The summed E-state index contributed by atoms with van der Waals surface area (Å²) in [7, 11) is 0. The van der Waals surface area contributed by atoms with Gasteiger partial charge in [-0.2, -0.15) is 0 Å². The van der Waals surface area contributed by atoms with Crippen LogP contribution in [0.5, 0.6) is 5.75 Å². The van der Waals surface area contributed by atoms with Crippen molar-refractivity contribution >= 4 is 47.2 Å². The number of rotatable bonds is 16. The fourth-order valence-corrected chi connectivity index (χ4v) is 4.37. The largest absolute Gasteiger partial charge is 0.506 e. The number of carbonyl (C=O) groups excluding carboxylic acids is 2. The molecule has 11 N–H and O–H groups in total. The van der Waals surface area contributed by atoms with Crippen LogP contribution < -0.4 is 32.7 Å². The fourth-order valence-electron chi connectivity index (χ4n) is 4.24. The SMILES string of the molecule is N=C(NCCCCc1ccc(CCCCNC[C@H](O)c2ccc(O)c(NC=O)c2)cc1)NC(=O)c1nc(Cl)c(N)nc1N. The van der Waals surface area contributed by atoms with E-state index in [1.165, 1.54) is 17.2 Å². The van der Waals surface area contributed by atoms with E-state index in [2.05, 4.69) is 55.5 Å². The van der Waals surface area contributed by atoms with Gasteiger partial charge in [-0.05, 0) is 73.9 Å². The number of nitrogens with zero attached hydrogens (tertiary/aromatic N) is 2. The maximum atomic E-state index is 12.3. The first-order valence-corrected chi connectivity index (χ1v) is 14.3. The zero-order valence-corrected chi connectivity index (χ0v) is 24.5. The van der Waals surface area contributed by atoms with E-state index in [1.807, 2.05) is 0 Å². The molecule has 1 aromatic heterocycles. The van der Waals surface area contributed by atoms with Crippen LogP contribution in [0.15, 0.2) is 42.5 Å². The topological polar surface area (TPSA) is 224 Å². The molecule has 0 aliphatic carbocycles. The number of carbonyl (C=O) groups is 2. The minimum absolute atomic E-state index is 0.0515. The molecular weight excluding hydrogens is 574 g/mol. The Morgan fingerprint density at radius 3 is 2.28 bits per heavy atom. The van der Waals surface area contributed by atoms with Crippen molar-refractivity contribution in [2.45, 2.75) is 44.6 Å². The number of nitrogen functional groups attached to an aromatic ring is 2. The molecule has 0 fully saturated rings. The van der Waals surface area contributed by atoms with Crippen molar-refractivity contribution in [2.24, 2.45) is 0 Å². The molecular formula is C29H38ClN9O4. The third-order valence-corrected chi connectivity index (χ3v) is 6.88. The zero-order chi connectivity index (χ0) is 31.2. The third kappa shape index (κ3) is 10.7. The first kappa shape index (κ1) is 33.0. The molecule has 0 saturated carbocycles. The first-order valence-electron chi connectivity index (χ1n) is 13.9. The molecule has 14 heteroatoms. The molecule has 0 aliphatic rings. The average Bonchev–Trinajstić information content (AvgIpc) is 2.98. The minimum atomic E-state index is -0.750. The highest BCUT2D eigenvalue weighted by molar-refractivity contribution is 6.31. The Labute approximate surface area is 255 Å². The highest BCUT2D eigenvalue weighted by Crippen LogP contribution is 2.26. The summed E-state index contributed by atoms with van der Waals surface area (Å²) >= 11 is 5.80. The lowest BCUT2D eigenvalue weighted by molar-refractivity contribution is -0.105. The third-order valence-electron chi connectivity index (χ3n) is 6.60. The predicted octanol–water partition coefficient (Wildman–Crippen LogP) is 2.49. The van der Waals surface area contributed by atoms with Gasteiger partial charge in [0.2, 0.25) is 6.41 Å². The number of aliphatic hydroxyl groups excluding tert-OH is 1. The summed E-state index contributed by atoms with van der Waals surface area (Å²) in [6, 6.07) is 13.2. The quantitative estimate of drug-likeness (QED) is 0.0378. The summed E-state index contributed by atoms with van der Waals surface area (Å²) in [5.74, 6) is -1.16. The van der Waals surface area contributed by atoms with E-state index < -0.39 is 12.0 Å². The highest BCUT2D eigenvalue weighted by Gasteiger charge is 2.17. The zero-order valence-electron chi connectivity index (χ0n) is 23.7. The lowest BCUT2D eigenvalue weighted by Gasteiger charge is -2.14. The number of aliphatic hydroxyl groups is 1. The Hall–Kier alpha value is -4.46. The van der Waals surface area contributed by atoms with E-state index in [9.17, 15) is 19.8 Å². The Balaban J connectivity index is 1.25. The van der Waals surface area contributed by atoms with Crippen molar-refractivity contribution < 1.29 is 19.8 Å². The summed E-state index contributed by atoms with van der Waals surface area (Å²) in [5, 5.41) is 38.7. The summed E-state index contributed by atoms with van der Waals surface area (Å²) < 4.78 is 0. The van der Waals surface area contributed by atoms with Crippen molar-refractivity contribution in [2.75, 3.05) is 36.4 Å². The van der Waals surface area contributed by atoms with Gasteiger partial charge >= 0.3 is 0 Å². The van der Waals surface area contributed by atoms with Crippen molar-refractivity contribution in [3.05, 3.63) is 70.0 Å². The van der Waals surface area contributed by atoms with Crippen molar-refractivity contribution in [3.8, 4) is 5.75 Å². The van der Waals surface area contributed by atoms with E-state index in [0.29, 0.717) is 25.1 Å². The number of hydrogen-bond donors (Lipinski definition) is 9. The second kappa shape index (κ2) is 16.9. The molecule has 3 aromatic rings. The van der Waals surface area contributed by atoms with E-state index in [0.717, 1.165) is 45.1 Å². The number of aromatic nitrogens is 2. The number of phenolic OH excluding ortho intramolecular Hbond substituents is 1.